The first-order valence-electron chi connectivity index (χ1n) is 10.7. The molecule has 1 aliphatic rings. The van der Waals surface area contributed by atoms with Crippen molar-refractivity contribution in [2.24, 2.45) is 0 Å². The summed E-state index contributed by atoms with van der Waals surface area (Å²) < 4.78 is 32.1. The highest BCUT2D eigenvalue weighted by Crippen LogP contribution is 2.21. The third-order valence-corrected chi connectivity index (χ3v) is 7.09. The summed E-state index contributed by atoms with van der Waals surface area (Å²) in [6.07, 6.45) is 6.61. The minimum absolute atomic E-state index is 0.245. The van der Waals surface area contributed by atoms with Crippen LogP contribution in [0.25, 0.3) is 6.08 Å². The van der Waals surface area contributed by atoms with Gasteiger partial charge in [-0.15, -0.1) is 0 Å². The number of carbonyl (C=O) groups is 2. The Morgan fingerprint density at radius 1 is 0.938 bits per heavy atom. The van der Waals surface area contributed by atoms with Gasteiger partial charge in [0.2, 0.25) is 10.0 Å². The molecule has 1 amide bonds. The fraction of sp³-hybridized carbons (Fsp3) is 0.333. The van der Waals surface area contributed by atoms with Gasteiger partial charge in [0, 0.05) is 25.7 Å². The van der Waals surface area contributed by atoms with E-state index in [1.807, 2.05) is 30.3 Å². The van der Waals surface area contributed by atoms with Gasteiger partial charge in [-0.3, -0.25) is 4.79 Å². The number of hydrogen-bond acceptors (Lipinski definition) is 5. The molecule has 1 N–H and O–H groups in total. The van der Waals surface area contributed by atoms with Crippen molar-refractivity contribution < 1.29 is 22.7 Å². The standard InChI is InChI=1S/C24H28N2O5S/c27-23(25-18-21-8-4-3-5-9-21)19-31-24(28)15-12-20-10-13-22(14-11-20)32(29,30)26-16-6-1-2-7-17-26/h3-5,8-15H,1-2,6-7,16-19H2,(H,25,27)/b15-12+. The van der Waals surface area contributed by atoms with Gasteiger partial charge in [-0.1, -0.05) is 55.3 Å². The summed E-state index contributed by atoms with van der Waals surface area (Å²) >= 11 is 0. The second-order valence-electron chi connectivity index (χ2n) is 7.59. The van der Waals surface area contributed by atoms with Gasteiger partial charge in [-0.2, -0.15) is 4.31 Å². The smallest absolute Gasteiger partial charge is 0.331 e. The van der Waals surface area contributed by atoms with Crippen molar-refractivity contribution in [3.8, 4) is 0 Å². The number of rotatable bonds is 8. The van der Waals surface area contributed by atoms with E-state index in [-0.39, 0.29) is 11.5 Å². The molecule has 1 fully saturated rings. The van der Waals surface area contributed by atoms with Gasteiger partial charge in [0.05, 0.1) is 4.90 Å². The summed E-state index contributed by atoms with van der Waals surface area (Å²) in [5.74, 6) is -1.04. The quantitative estimate of drug-likeness (QED) is 0.487. The molecule has 0 aromatic heterocycles. The van der Waals surface area contributed by atoms with E-state index in [4.69, 9.17) is 4.74 Å². The summed E-state index contributed by atoms with van der Waals surface area (Å²) in [5.41, 5.74) is 1.61. The Hall–Kier alpha value is -2.97. The molecule has 1 saturated heterocycles. The number of amides is 1. The van der Waals surface area contributed by atoms with Crippen molar-refractivity contribution in [3.63, 3.8) is 0 Å². The van der Waals surface area contributed by atoms with Crippen LogP contribution in [0.15, 0.2) is 65.6 Å². The highest BCUT2D eigenvalue weighted by Gasteiger charge is 2.24. The normalized spacial score (nSPS) is 15.2. The van der Waals surface area contributed by atoms with Crippen molar-refractivity contribution in [2.75, 3.05) is 19.7 Å². The average molecular weight is 457 g/mol. The number of hydrogen-bond donors (Lipinski definition) is 1. The number of carbonyl (C=O) groups excluding carboxylic acids is 2. The van der Waals surface area contributed by atoms with Crippen LogP contribution in [0.2, 0.25) is 0 Å². The Bertz CT molecular complexity index is 1030. The summed E-state index contributed by atoms with van der Waals surface area (Å²) in [6, 6.07) is 15.8. The Kier molecular flexibility index (Phi) is 8.58. The molecule has 0 bridgehead atoms. The molecule has 0 atom stereocenters. The zero-order valence-electron chi connectivity index (χ0n) is 17.9. The second-order valence-corrected chi connectivity index (χ2v) is 9.53. The maximum absolute atomic E-state index is 12.8. The molecular weight excluding hydrogens is 428 g/mol. The first-order chi connectivity index (χ1) is 15.4. The number of nitrogens with one attached hydrogen (secondary N) is 1. The highest BCUT2D eigenvalue weighted by atomic mass is 32.2. The van der Waals surface area contributed by atoms with Crippen LogP contribution >= 0.6 is 0 Å². The number of benzene rings is 2. The number of sulfonamides is 1. The number of nitrogens with zero attached hydrogens (tertiary/aromatic N) is 1. The van der Waals surface area contributed by atoms with E-state index in [0.29, 0.717) is 25.2 Å². The van der Waals surface area contributed by atoms with Crippen LogP contribution in [-0.4, -0.2) is 44.3 Å². The minimum Gasteiger partial charge on any atom is -0.452 e. The van der Waals surface area contributed by atoms with E-state index in [9.17, 15) is 18.0 Å². The lowest BCUT2D eigenvalue weighted by Gasteiger charge is -2.19. The van der Waals surface area contributed by atoms with E-state index >= 15 is 0 Å². The molecule has 3 rings (SSSR count). The summed E-state index contributed by atoms with van der Waals surface area (Å²) in [6.45, 7) is 1.09. The van der Waals surface area contributed by atoms with Crippen LogP contribution in [0.4, 0.5) is 0 Å². The van der Waals surface area contributed by atoms with E-state index in [1.165, 1.54) is 12.2 Å². The maximum Gasteiger partial charge on any atom is 0.331 e. The fourth-order valence-corrected chi connectivity index (χ4v) is 4.90. The van der Waals surface area contributed by atoms with Crippen molar-refractivity contribution in [1.29, 1.82) is 0 Å². The number of ether oxygens (including phenoxy) is 1. The summed E-state index contributed by atoms with van der Waals surface area (Å²) in [5, 5.41) is 2.68. The molecule has 1 aliphatic heterocycles. The van der Waals surface area contributed by atoms with E-state index in [1.54, 1.807) is 28.6 Å². The first-order valence-corrected chi connectivity index (χ1v) is 12.1. The Morgan fingerprint density at radius 3 is 2.25 bits per heavy atom. The van der Waals surface area contributed by atoms with Crippen LogP contribution in [0.1, 0.15) is 36.8 Å². The monoisotopic (exact) mass is 456 g/mol. The van der Waals surface area contributed by atoms with Crippen molar-refractivity contribution >= 4 is 28.0 Å². The van der Waals surface area contributed by atoms with Crippen LogP contribution in [0.5, 0.6) is 0 Å². The topological polar surface area (TPSA) is 92.8 Å². The predicted octanol–water partition coefficient (Wildman–Crippen LogP) is 3.12. The largest absolute Gasteiger partial charge is 0.452 e. The van der Waals surface area contributed by atoms with Crippen molar-refractivity contribution in [1.82, 2.24) is 9.62 Å². The molecule has 0 saturated carbocycles. The van der Waals surface area contributed by atoms with Gasteiger partial charge >= 0.3 is 5.97 Å². The molecular formula is C24H28N2O5S. The van der Waals surface area contributed by atoms with Gasteiger partial charge in [-0.05, 0) is 42.2 Å². The van der Waals surface area contributed by atoms with Crippen LogP contribution in [0.3, 0.4) is 0 Å². The van der Waals surface area contributed by atoms with Gasteiger partial charge in [0.1, 0.15) is 0 Å². The Labute approximate surface area is 189 Å². The van der Waals surface area contributed by atoms with Gasteiger partial charge in [0.25, 0.3) is 5.91 Å². The molecule has 7 nitrogen and oxygen atoms in total. The highest BCUT2D eigenvalue weighted by molar-refractivity contribution is 7.89. The molecule has 0 radical (unpaired) electrons. The lowest BCUT2D eigenvalue weighted by molar-refractivity contribution is -0.143. The van der Waals surface area contributed by atoms with Crippen LogP contribution in [0, 0.1) is 0 Å². The molecule has 2 aromatic carbocycles. The predicted molar refractivity (Wildman–Crippen MR) is 122 cm³/mol. The zero-order valence-corrected chi connectivity index (χ0v) is 18.7. The van der Waals surface area contributed by atoms with E-state index < -0.39 is 21.9 Å². The zero-order chi connectivity index (χ0) is 22.8. The maximum atomic E-state index is 12.8. The fourth-order valence-electron chi connectivity index (χ4n) is 3.38. The molecule has 0 spiro atoms. The summed E-state index contributed by atoms with van der Waals surface area (Å²) in [4.78, 5) is 23.9. The molecule has 170 valence electrons. The molecule has 0 aliphatic carbocycles. The third kappa shape index (κ3) is 7.03. The lowest BCUT2D eigenvalue weighted by atomic mass is 10.2. The average Bonchev–Trinajstić information content (AvgIpc) is 3.11. The third-order valence-electron chi connectivity index (χ3n) is 5.17. The molecule has 0 unspecified atom stereocenters. The van der Waals surface area contributed by atoms with Gasteiger partial charge < -0.3 is 10.1 Å². The van der Waals surface area contributed by atoms with Crippen molar-refractivity contribution in [2.45, 2.75) is 37.1 Å². The SMILES string of the molecule is O=C(COC(=O)/C=C/c1ccc(S(=O)(=O)N2CCCCCC2)cc1)NCc1ccccc1. The van der Waals surface area contributed by atoms with E-state index in [2.05, 4.69) is 5.32 Å². The molecule has 2 aromatic rings. The first kappa shape index (κ1) is 23.7. The minimum atomic E-state index is -3.50. The second kappa shape index (κ2) is 11.6. The van der Waals surface area contributed by atoms with Crippen molar-refractivity contribution in [3.05, 3.63) is 71.8 Å². The lowest BCUT2D eigenvalue weighted by Crippen LogP contribution is -2.31. The summed E-state index contributed by atoms with van der Waals surface area (Å²) in [7, 11) is -3.50. The van der Waals surface area contributed by atoms with Crippen LogP contribution < -0.4 is 5.32 Å². The molecule has 8 heteroatoms. The molecule has 32 heavy (non-hydrogen) atoms. The van der Waals surface area contributed by atoms with E-state index in [0.717, 1.165) is 31.2 Å². The van der Waals surface area contributed by atoms with Crippen LogP contribution in [-0.2, 0) is 30.9 Å². The van der Waals surface area contributed by atoms with Gasteiger partial charge in [-0.25, -0.2) is 13.2 Å². The Morgan fingerprint density at radius 2 is 1.59 bits per heavy atom. The van der Waals surface area contributed by atoms with Gasteiger partial charge in [0.15, 0.2) is 6.61 Å². The Balaban J connectivity index is 1.47. The molecule has 1 heterocycles. The number of esters is 1.